The maximum atomic E-state index is 13.0. The smallest absolute Gasteiger partial charge is 0.257 e. The van der Waals surface area contributed by atoms with Crippen molar-refractivity contribution < 1.29 is 27.5 Å². The van der Waals surface area contributed by atoms with E-state index >= 15 is 0 Å². The van der Waals surface area contributed by atoms with E-state index in [0.717, 1.165) is 0 Å². The summed E-state index contributed by atoms with van der Waals surface area (Å²) in [5.41, 5.74) is 0.917. The molecule has 172 valence electrons. The van der Waals surface area contributed by atoms with Gasteiger partial charge in [0.2, 0.25) is 0 Å². The molecular formula is C23H28N2O6S. The van der Waals surface area contributed by atoms with Crippen LogP contribution in [0.4, 0.5) is 0 Å². The Kier molecular flexibility index (Phi) is 7.87. The van der Waals surface area contributed by atoms with Crippen molar-refractivity contribution >= 4 is 21.7 Å². The highest BCUT2D eigenvalue weighted by molar-refractivity contribution is 7.91. The molecule has 2 aromatic carbocycles. The third-order valence-electron chi connectivity index (χ3n) is 5.42. The number of para-hydroxylation sites is 1. The van der Waals surface area contributed by atoms with Gasteiger partial charge in [-0.3, -0.25) is 9.59 Å². The van der Waals surface area contributed by atoms with Crippen molar-refractivity contribution in [2.45, 2.75) is 11.3 Å². The van der Waals surface area contributed by atoms with Gasteiger partial charge in [-0.15, -0.1) is 0 Å². The molecule has 1 heterocycles. The minimum atomic E-state index is -3.45. The molecule has 9 heteroatoms. The summed E-state index contributed by atoms with van der Waals surface area (Å²) in [7, 11) is -0.470. The molecule has 0 aromatic heterocycles. The molecule has 1 fully saturated rings. The summed E-state index contributed by atoms with van der Waals surface area (Å²) in [6.07, 6.45) is 0.649. The van der Waals surface area contributed by atoms with E-state index in [9.17, 15) is 18.0 Å². The lowest BCUT2D eigenvalue weighted by Gasteiger charge is -2.23. The number of hydrogen-bond acceptors (Lipinski definition) is 6. The predicted molar refractivity (Wildman–Crippen MR) is 120 cm³/mol. The van der Waals surface area contributed by atoms with Gasteiger partial charge in [-0.2, -0.15) is 0 Å². The number of carbonyl (C=O) groups excluding carboxylic acids is 2. The maximum Gasteiger partial charge on any atom is 0.257 e. The molecular weight excluding hydrogens is 432 g/mol. The highest BCUT2D eigenvalue weighted by Gasteiger charge is 2.25. The zero-order valence-corrected chi connectivity index (χ0v) is 19.1. The van der Waals surface area contributed by atoms with Crippen LogP contribution >= 0.6 is 0 Å². The summed E-state index contributed by atoms with van der Waals surface area (Å²) in [4.78, 5) is 29.5. The molecule has 2 aromatic rings. The Bertz CT molecular complexity index is 1050. The average molecular weight is 461 g/mol. The minimum Gasteiger partial charge on any atom is -0.496 e. The molecule has 2 amide bonds. The van der Waals surface area contributed by atoms with Gasteiger partial charge >= 0.3 is 0 Å². The summed E-state index contributed by atoms with van der Waals surface area (Å²) < 4.78 is 34.7. The van der Waals surface area contributed by atoms with Crippen molar-refractivity contribution in [2.24, 2.45) is 0 Å². The first kappa shape index (κ1) is 23.7. The molecule has 0 saturated carbocycles. The minimum absolute atomic E-state index is 0.112. The second kappa shape index (κ2) is 10.6. The molecule has 32 heavy (non-hydrogen) atoms. The Morgan fingerprint density at radius 3 is 2.12 bits per heavy atom. The number of sulfone groups is 1. The van der Waals surface area contributed by atoms with Crippen molar-refractivity contribution in [2.75, 3.05) is 52.8 Å². The fraction of sp³-hybridized carbons (Fsp3) is 0.391. The van der Waals surface area contributed by atoms with E-state index in [2.05, 4.69) is 0 Å². The molecule has 1 aliphatic rings. The van der Waals surface area contributed by atoms with Crippen LogP contribution in [0, 0.1) is 0 Å². The lowest BCUT2D eigenvalue weighted by molar-refractivity contribution is 0.0717. The van der Waals surface area contributed by atoms with E-state index in [1.807, 2.05) is 6.07 Å². The zero-order valence-electron chi connectivity index (χ0n) is 18.3. The van der Waals surface area contributed by atoms with Crippen LogP contribution in [0.3, 0.4) is 0 Å². The largest absolute Gasteiger partial charge is 0.496 e. The zero-order chi connectivity index (χ0) is 23.1. The molecule has 0 radical (unpaired) electrons. The molecule has 3 rings (SSSR count). The van der Waals surface area contributed by atoms with Gasteiger partial charge in [0.1, 0.15) is 5.75 Å². The summed E-state index contributed by atoms with van der Waals surface area (Å²) in [6.45, 7) is 1.97. The summed E-state index contributed by atoms with van der Waals surface area (Å²) in [5.74, 6) is 0.105. The fourth-order valence-electron chi connectivity index (χ4n) is 3.61. The van der Waals surface area contributed by atoms with Crippen LogP contribution in [0.5, 0.6) is 5.75 Å². The summed E-state index contributed by atoms with van der Waals surface area (Å²) in [5, 5.41) is 0. The van der Waals surface area contributed by atoms with Crippen LogP contribution in [0.1, 0.15) is 27.1 Å². The molecule has 0 N–H and O–H groups in total. The van der Waals surface area contributed by atoms with Gasteiger partial charge in [-0.25, -0.2) is 8.42 Å². The normalized spacial score (nSPS) is 14.7. The Morgan fingerprint density at radius 2 is 1.50 bits per heavy atom. The Morgan fingerprint density at radius 1 is 0.875 bits per heavy atom. The molecule has 0 aliphatic carbocycles. The number of hydrogen-bond donors (Lipinski definition) is 0. The van der Waals surface area contributed by atoms with Crippen molar-refractivity contribution in [3.63, 3.8) is 0 Å². The topological polar surface area (TPSA) is 93.2 Å². The number of carbonyl (C=O) groups is 2. The molecule has 1 aliphatic heterocycles. The lowest BCUT2D eigenvalue weighted by Crippen LogP contribution is -2.37. The molecule has 0 bridgehead atoms. The van der Waals surface area contributed by atoms with E-state index < -0.39 is 9.84 Å². The molecule has 0 spiro atoms. The first-order valence-corrected chi connectivity index (χ1v) is 12.1. The highest BCUT2D eigenvalue weighted by atomic mass is 32.2. The van der Waals surface area contributed by atoms with E-state index in [0.29, 0.717) is 49.5 Å². The molecule has 8 nitrogen and oxygen atoms in total. The van der Waals surface area contributed by atoms with Gasteiger partial charge in [-0.1, -0.05) is 12.1 Å². The van der Waals surface area contributed by atoms with Crippen molar-refractivity contribution in [3.05, 3.63) is 59.7 Å². The van der Waals surface area contributed by atoms with Crippen LogP contribution in [0.25, 0.3) is 0 Å². The number of amides is 2. The summed E-state index contributed by atoms with van der Waals surface area (Å²) in [6, 6.07) is 13.1. The van der Waals surface area contributed by atoms with E-state index in [4.69, 9.17) is 9.47 Å². The van der Waals surface area contributed by atoms with Gasteiger partial charge in [-0.05, 0) is 42.8 Å². The Labute approximate surface area is 188 Å². The van der Waals surface area contributed by atoms with E-state index in [1.165, 1.54) is 38.5 Å². The number of methoxy groups -OCH3 is 2. The van der Waals surface area contributed by atoms with E-state index in [-0.39, 0.29) is 29.1 Å². The highest BCUT2D eigenvalue weighted by Crippen LogP contribution is 2.21. The van der Waals surface area contributed by atoms with Crippen LogP contribution in [0.15, 0.2) is 53.4 Å². The van der Waals surface area contributed by atoms with Gasteiger partial charge in [0.25, 0.3) is 11.8 Å². The van der Waals surface area contributed by atoms with Gasteiger partial charge < -0.3 is 19.3 Å². The Balaban J connectivity index is 1.66. The number of rotatable bonds is 7. The first-order valence-electron chi connectivity index (χ1n) is 10.4. The third kappa shape index (κ3) is 5.46. The first-order chi connectivity index (χ1) is 15.4. The van der Waals surface area contributed by atoms with Gasteiger partial charge in [0, 0.05) is 38.9 Å². The third-order valence-corrected chi connectivity index (χ3v) is 7.12. The predicted octanol–water partition coefficient (Wildman–Crippen LogP) is 2.10. The molecule has 1 saturated heterocycles. The second-order valence-corrected chi connectivity index (χ2v) is 9.58. The second-order valence-electron chi connectivity index (χ2n) is 7.47. The quantitative estimate of drug-likeness (QED) is 0.628. The Hall–Kier alpha value is -2.91. The van der Waals surface area contributed by atoms with Crippen molar-refractivity contribution in [1.29, 1.82) is 0 Å². The van der Waals surface area contributed by atoms with Gasteiger partial charge in [0.05, 0.1) is 29.9 Å². The number of nitrogens with zero attached hydrogens (tertiary/aromatic N) is 2. The maximum absolute atomic E-state index is 13.0. The monoisotopic (exact) mass is 460 g/mol. The van der Waals surface area contributed by atoms with E-state index in [1.54, 1.807) is 28.0 Å². The average Bonchev–Trinajstić information content (AvgIpc) is 3.08. The number of ether oxygens (including phenoxy) is 2. The van der Waals surface area contributed by atoms with Crippen LogP contribution < -0.4 is 4.74 Å². The lowest BCUT2D eigenvalue weighted by atomic mass is 10.1. The SMILES string of the molecule is COCCS(=O)(=O)c1ccc(C(=O)N2CCCN(C(=O)c3ccccc3OC)CC2)cc1. The van der Waals surface area contributed by atoms with Crippen molar-refractivity contribution in [3.8, 4) is 5.75 Å². The van der Waals surface area contributed by atoms with Crippen molar-refractivity contribution in [1.82, 2.24) is 9.80 Å². The molecule has 0 atom stereocenters. The fourth-order valence-corrected chi connectivity index (χ4v) is 4.79. The standard InChI is InChI=1S/C23H28N2O6S/c1-30-16-17-32(28,29)19-10-8-18(9-11-19)22(26)24-12-5-13-25(15-14-24)23(27)20-6-3-4-7-21(20)31-2/h3-4,6-11H,5,12-17H2,1-2H3. The number of benzene rings is 2. The van der Waals surface area contributed by atoms with Crippen LogP contribution in [-0.4, -0.2) is 82.8 Å². The summed E-state index contributed by atoms with van der Waals surface area (Å²) >= 11 is 0. The van der Waals surface area contributed by atoms with Crippen LogP contribution in [-0.2, 0) is 14.6 Å². The van der Waals surface area contributed by atoms with Crippen LogP contribution in [0.2, 0.25) is 0 Å². The molecule has 0 unspecified atom stereocenters. The van der Waals surface area contributed by atoms with Gasteiger partial charge in [0.15, 0.2) is 9.84 Å².